The molecule has 110 valence electrons. The van der Waals surface area contributed by atoms with Gasteiger partial charge in [0.15, 0.2) is 0 Å². The van der Waals surface area contributed by atoms with E-state index in [9.17, 15) is 4.79 Å². The zero-order valence-electron chi connectivity index (χ0n) is 12.4. The van der Waals surface area contributed by atoms with Crippen LogP contribution in [0.3, 0.4) is 0 Å². The Hall–Kier alpha value is -0.920. The summed E-state index contributed by atoms with van der Waals surface area (Å²) in [5, 5.41) is 3.46. The van der Waals surface area contributed by atoms with Crippen molar-refractivity contribution in [1.82, 2.24) is 10.2 Å². The Morgan fingerprint density at radius 1 is 1.40 bits per heavy atom. The molecule has 0 bridgehead atoms. The number of rotatable bonds is 4. The smallest absolute Gasteiger partial charge is 0.237 e. The monoisotopic (exact) mass is 292 g/mol. The molecule has 1 aromatic rings. The average Bonchev–Trinajstić information content (AvgIpc) is 2.45. The standard InChI is InChI=1S/C16H25N2OP/c1-12(2)17-11-13-4-3-5-15(10-13)14-6-8-18(9-7-14)16(19)20/h3-5,10,12,14,17H,6-9,11,20H2,1-2H3. The first kappa shape index (κ1) is 15.5. The number of nitrogens with one attached hydrogen (secondary N) is 1. The highest BCUT2D eigenvalue weighted by atomic mass is 31.0. The van der Waals surface area contributed by atoms with Crippen LogP contribution >= 0.6 is 9.24 Å². The lowest BCUT2D eigenvalue weighted by Gasteiger charge is -2.31. The van der Waals surface area contributed by atoms with Gasteiger partial charge in [-0.2, -0.15) is 0 Å². The Labute approximate surface area is 124 Å². The van der Waals surface area contributed by atoms with Crippen LogP contribution in [-0.4, -0.2) is 29.7 Å². The Bertz CT molecular complexity index is 454. The molecule has 1 heterocycles. The van der Waals surface area contributed by atoms with E-state index in [1.54, 1.807) is 0 Å². The van der Waals surface area contributed by atoms with Gasteiger partial charge in [0, 0.05) is 25.7 Å². The quantitative estimate of drug-likeness (QED) is 0.863. The summed E-state index contributed by atoms with van der Waals surface area (Å²) in [6.07, 6.45) is 2.14. The van der Waals surface area contributed by atoms with Gasteiger partial charge in [-0.1, -0.05) is 38.1 Å². The van der Waals surface area contributed by atoms with Crippen molar-refractivity contribution in [2.75, 3.05) is 13.1 Å². The van der Waals surface area contributed by atoms with E-state index in [1.807, 2.05) is 4.90 Å². The SMILES string of the molecule is CC(C)NCc1cccc(C2CCN(C(=O)P)CC2)c1. The van der Waals surface area contributed by atoms with Gasteiger partial charge in [0.25, 0.3) is 0 Å². The first-order chi connectivity index (χ1) is 9.56. The fourth-order valence-corrected chi connectivity index (χ4v) is 2.97. The number of nitrogens with zero attached hydrogens (tertiary/aromatic N) is 1. The maximum Gasteiger partial charge on any atom is 0.237 e. The van der Waals surface area contributed by atoms with Gasteiger partial charge in [-0.15, -0.1) is 0 Å². The van der Waals surface area contributed by atoms with Gasteiger partial charge < -0.3 is 10.2 Å². The van der Waals surface area contributed by atoms with Crippen LogP contribution in [0.2, 0.25) is 0 Å². The highest BCUT2D eigenvalue weighted by Gasteiger charge is 2.21. The van der Waals surface area contributed by atoms with E-state index < -0.39 is 0 Å². The summed E-state index contributed by atoms with van der Waals surface area (Å²) >= 11 is 0. The zero-order valence-corrected chi connectivity index (χ0v) is 13.6. The summed E-state index contributed by atoms with van der Waals surface area (Å²) < 4.78 is 0. The minimum atomic E-state index is 0.123. The summed E-state index contributed by atoms with van der Waals surface area (Å²) in [6.45, 7) is 7.01. The minimum absolute atomic E-state index is 0.123. The maximum atomic E-state index is 11.3. The van der Waals surface area contributed by atoms with Crippen molar-refractivity contribution in [2.45, 2.75) is 45.2 Å². The molecule has 1 saturated heterocycles. The van der Waals surface area contributed by atoms with E-state index in [2.05, 4.69) is 52.7 Å². The molecule has 2 rings (SSSR count). The van der Waals surface area contributed by atoms with Crippen molar-refractivity contribution < 1.29 is 4.79 Å². The molecule has 0 spiro atoms. The van der Waals surface area contributed by atoms with Crippen LogP contribution in [0.4, 0.5) is 4.79 Å². The first-order valence-corrected chi connectivity index (χ1v) is 8.00. The summed E-state index contributed by atoms with van der Waals surface area (Å²) in [7, 11) is 2.27. The van der Waals surface area contributed by atoms with Crippen LogP contribution in [0, 0.1) is 0 Å². The van der Waals surface area contributed by atoms with Gasteiger partial charge in [-0.25, -0.2) is 0 Å². The number of carbonyl (C=O) groups is 1. The molecule has 1 unspecified atom stereocenters. The molecule has 1 aromatic carbocycles. The summed E-state index contributed by atoms with van der Waals surface area (Å²) in [5.41, 5.74) is 2.89. The second-order valence-corrected chi connectivity index (χ2v) is 6.37. The number of amides is 1. The van der Waals surface area contributed by atoms with Gasteiger partial charge in [-0.05, 0) is 39.1 Å². The molecule has 1 aliphatic heterocycles. The van der Waals surface area contributed by atoms with Gasteiger partial charge in [0.2, 0.25) is 5.65 Å². The second-order valence-electron chi connectivity index (χ2n) is 5.88. The van der Waals surface area contributed by atoms with Crippen LogP contribution in [0.25, 0.3) is 0 Å². The lowest BCUT2D eigenvalue weighted by atomic mass is 9.89. The fourth-order valence-electron chi connectivity index (χ4n) is 2.71. The maximum absolute atomic E-state index is 11.3. The van der Waals surface area contributed by atoms with Crippen molar-refractivity contribution in [2.24, 2.45) is 0 Å². The molecule has 0 saturated carbocycles. The fraction of sp³-hybridized carbons (Fsp3) is 0.562. The lowest BCUT2D eigenvalue weighted by Crippen LogP contribution is -2.34. The van der Waals surface area contributed by atoms with E-state index in [1.165, 1.54) is 11.1 Å². The normalized spacial score (nSPS) is 16.7. The minimum Gasteiger partial charge on any atom is -0.340 e. The Morgan fingerprint density at radius 2 is 2.10 bits per heavy atom. The Morgan fingerprint density at radius 3 is 2.70 bits per heavy atom. The van der Waals surface area contributed by atoms with E-state index >= 15 is 0 Å². The van der Waals surface area contributed by atoms with E-state index in [-0.39, 0.29) is 5.65 Å². The van der Waals surface area contributed by atoms with Crippen LogP contribution in [0.1, 0.15) is 43.7 Å². The topological polar surface area (TPSA) is 32.3 Å². The summed E-state index contributed by atoms with van der Waals surface area (Å²) in [4.78, 5) is 13.2. The first-order valence-electron chi connectivity index (χ1n) is 7.43. The van der Waals surface area contributed by atoms with E-state index in [4.69, 9.17) is 0 Å². The van der Waals surface area contributed by atoms with Crippen LogP contribution in [0.15, 0.2) is 24.3 Å². The number of benzene rings is 1. The van der Waals surface area contributed by atoms with Gasteiger partial charge >= 0.3 is 0 Å². The van der Waals surface area contributed by atoms with Crippen LogP contribution in [-0.2, 0) is 6.54 Å². The third-order valence-corrected chi connectivity index (χ3v) is 4.31. The van der Waals surface area contributed by atoms with Gasteiger partial charge in [-0.3, -0.25) is 4.79 Å². The number of likely N-dealkylation sites (tertiary alicyclic amines) is 1. The predicted octanol–water partition coefficient (Wildman–Crippen LogP) is 3.36. The Kier molecular flexibility index (Phi) is 5.56. The summed E-state index contributed by atoms with van der Waals surface area (Å²) in [6, 6.07) is 9.38. The highest BCUT2D eigenvalue weighted by Crippen LogP contribution is 2.29. The molecule has 0 radical (unpaired) electrons. The molecule has 3 nitrogen and oxygen atoms in total. The van der Waals surface area contributed by atoms with Crippen LogP contribution in [0.5, 0.6) is 0 Å². The number of hydrogen-bond acceptors (Lipinski definition) is 2. The van der Waals surface area contributed by atoms with Crippen molar-refractivity contribution in [3.05, 3.63) is 35.4 Å². The zero-order chi connectivity index (χ0) is 14.5. The molecule has 1 fully saturated rings. The molecule has 1 amide bonds. The summed E-state index contributed by atoms with van der Waals surface area (Å²) in [5.74, 6) is 0.592. The molecular formula is C16H25N2OP. The number of hydrogen-bond donors (Lipinski definition) is 1. The van der Waals surface area contributed by atoms with E-state index in [0.29, 0.717) is 12.0 Å². The third kappa shape index (κ3) is 4.29. The number of carbonyl (C=O) groups excluding carboxylic acids is 1. The molecule has 1 atom stereocenters. The molecule has 1 N–H and O–H groups in total. The molecule has 4 heteroatoms. The second kappa shape index (κ2) is 7.19. The van der Waals surface area contributed by atoms with Crippen LogP contribution < -0.4 is 5.32 Å². The van der Waals surface area contributed by atoms with Crippen molar-refractivity contribution in [3.63, 3.8) is 0 Å². The predicted molar refractivity (Wildman–Crippen MR) is 87.1 cm³/mol. The largest absolute Gasteiger partial charge is 0.340 e. The van der Waals surface area contributed by atoms with Crippen molar-refractivity contribution in [3.8, 4) is 0 Å². The number of piperidine rings is 1. The van der Waals surface area contributed by atoms with Crippen molar-refractivity contribution in [1.29, 1.82) is 0 Å². The molecule has 20 heavy (non-hydrogen) atoms. The Balaban J connectivity index is 1.96. The molecule has 0 aromatic heterocycles. The van der Waals surface area contributed by atoms with Crippen molar-refractivity contribution >= 4 is 14.9 Å². The van der Waals surface area contributed by atoms with E-state index in [0.717, 1.165) is 32.5 Å². The highest BCUT2D eigenvalue weighted by molar-refractivity contribution is 7.39. The third-order valence-electron chi connectivity index (χ3n) is 3.94. The van der Waals surface area contributed by atoms with Gasteiger partial charge in [0.05, 0.1) is 0 Å². The molecular weight excluding hydrogens is 267 g/mol. The average molecular weight is 292 g/mol. The molecule has 0 aliphatic carbocycles. The van der Waals surface area contributed by atoms with Gasteiger partial charge in [0.1, 0.15) is 0 Å². The molecule has 1 aliphatic rings. The lowest BCUT2D eigenvalue weighted by molar-refractivity contribution is 0.205.